The SMILES string of the molecule is C[C@H](/C=C/[C@@H](C)[C@H]1C[C@@H](O)[C@@H]2[C@]1(C)CC[C@H]1[C@@]2(O)C[C@H](O)C2C[C@@H](O[C@@H]3OC[C@@H](O)[C@H](O)[C@H]3O)CC[C@@]21C)[C@H](C)C([O-])=NCCS(=O)(=O)O.[Na+]. The van der Waals surface area contributed by atoms with Crippen molar-refractivity contribution < 1.29 is 87.7 Å². The number of aliphatic hydroxyl groups excluding tert-OH is 5. The van der Waals surface area contributed by atoms with Crippen LogP contribution in [0.3, 0.4) is 0 Å². The summed E-state index contributed by atoms with van der Waals surface area (Å²) in [6.07, 6.45) is 1.04. The topological polar surface area (TPSA) is 230 Å². The summed E-state index contributed by atoms with van der Waals surface area (Å²) in [5.74, 6) is -2.39. The number of aliphatic hydroxyl groups is 6. The summed E-state index contributed by atoms with van der Waals surface area (Å²) < 4.78 is 42.4. The molecule has 5 aliphatic rings. The second-order valence-electron chi connectivity index (χ2n) is 16.5. The molecule has 7 N–H and O–H groups in total. The number of ether oxygens (including phenoxy) is 2. The van der Waals surface area contributed by atoms with Crippen LogP contribution in [0.15, 0.2) is 17.1 Å². The Bertz CT molecular complexity index is 1350. The molecule has 5 fully saturated rings. The van der Waals surface area contributed by atoms with Crippen LogP contribution in [0.4, 0.5) is 0 Å². The molecule has 1 saturated heterocycles. The molecule has 0 aromatic rings. The molecule has 4 aliphatic carbocycles. The van der Waals surface area contributed by atoms with Crippen LogP contribution in [0.25, 0.3) is 0 Å². The molecular weight excluding hydrogens is 681 g/mol. The zero-order valence-electron chi connectivity index (χ0n) is 30.3. The Kier molecular flexibility index (Phi) is 13.5. The number of hydrogen-bond acceptors (Lipinski definition) is 12. The van der Waals surface area contributed by atoms with Gasteiger partial charge in [-0.1, -0.05) is 46.8 Å². The molecule has 50 heavy (non-hydrogen) atoms. The maximum atomic E-state index is 12.7. The summed E-state index contributed by atoms with van der Waals surface area (Å²) in [7, 11) is -4.20. The van der Waals surface area contributed by atoms with E-state index in [0.29, 0.717) is 25.7 Å². The van der Waals surface area contributed by atoms with E-state index in [9.17, 15) is 44.2 Å². The molecule has 0 radical (unpaired) electrons. The molecular formula is C35H58NNaO12S. The van der Waals surface area contributed by atoms with Crippen LogP contribution in [-0.2, 0) is 19.6 Å². The Hall–Kier alpha value is -0.200. The van der Waals surface area contributed by atoms with Gasteiger partial charge in [0.15, 0.2) is 6.29 Å². The molecule has 0 amide bonds. The van der Waals surface area contributed by atoms with Crippen LogP contribution in [-0.4, -0.2) is 117 Å². The van der Waals surface area contributed by atoms with E-state index in [-0.39, 0.29) is 84.8 Å². The van der Waals surface area contributed by atoms with E-state index in [0.717, 1.165) is 12.8 Å². The number of rotatable bonds is 10. The van der Waals surface area contributed by atoms with Crippen molar-refractivity contribution in [3.8, 4) is 0 Å². The third-order valence-corrected chi connectivity index (χ3v) is 14.3. The average Bonchev–Trinajstić information content (AvgIpc) is 3.30. The largest absolute Gasteiger partial charge is 1.00 e. The summed E-state index contributed by atoms with van der Waals surface area (Å²) in [6.45, 7) is 9.58. The predicted octanol–water partition coefficient (Wildman–Crippen LogP) is -2.36. The van der Waals surface area contributed by atoms with Gasteiger partial charge in [-0.15, -0.1) is 0 Å². The number of aliphatic imine (C=N–C) groups is 1. The van der Waals surface area contributed by atoms with Crippen molar-refractivity contribution in [2.75, 3.05) is 18.9 Å². The van der Waals surface area contributed by atoms with Gasteiger partial charge in [0.1, 0.15) is 18.3 Å². The third-order valence-electron chi connectivity index (χ3n) is 13.6. The smallest absolute Gasteiger partial charge is 0.862 e. The predicted molar refractivity (Wildman–Crippen MR) is 177 cm³/mol. The van der Waals surface area contributed by atoms with Gasteiger partial charge in [0, 0.05) is 12.3 Å². The van der Waals surface area contributed by atoms with E-state index < -0.39 is 86.8 Å². The molecule has 15 heteroatoms. The van der Waals surface area contributed by atoms with Crippen molar-refractivity contribution in [3.05, 3.63) is 12.2 Å². The molecule has 17 atom stereocenters. The Labute approximate surface area is 318 Å². The Morgan fingerprint density at radius 3 is 2.30 bits per heavy atom. The molecule has 1 aliphatic heterocycles. The molecule has 0 aromatic heterocycles. The van der Waals surface area contributed by atoms with Crippen molar-refractivity contribution in [1.29, 1.82) is 0 Å². The first-order valence-electron chi connectivity index (χ1n) is 18.0. The van der Waals surface area contributed by atoms with Crippen molar-refractivity contribution in [3.63, 3.8) is 0 Å². The molecule has 1 unspecified atom stereocenters. The standard InChI is InChI=1S/C35H59NO12S.Na/c1-18(20(3)31(42)36-12-13-49(44,45)46)6-7-19(2)22-15-24(37)30-34(22,5)11-9-27-33(4)10-8-21(14-23(33)25(38)16-35(27,30)43)48-32-29(41)28(40)26(39)17-47-32;/h6-7,18-30,32,37-41,43H,8-17H2,1-5H3,(H,36,42)(H,44,45,46);/q;+1/p-1/b7-6+;/t18-,19-,20+,21+,22-,23?,24-,25+,26-,27-,28+,29-,30-,32+,33+,34-,35+;/m1./s1. The van der Waals surface area contributed by atoms with Gasteiger partial charge >= 0.3 is 29.6 Å². The summed E-state index contributed by atoms with van der Waals surface area (Å²) in [5, 5.41) is 78.9. The van der Waals surface area contributed by atoms with Crippen molar-refractivity contribution in [2.24, 2.45) is 57.2 Å². The van der Waals surface area contributed by atoms with Crippen LogP contribution in [0, 0.1) is 52.3 Å². The van der Waals surface area contributed by atoms with Gasteiger partial charge < -0.3 is 50.2 Å². The first kappa shape index (κ1) is 42.5. The van der Waals surface area contributed by atoms with Crippen molar-refractivity contribution in [2.45, 2.75) is 128 Å². The minimum absolute atomic E-state index is 0. The zero-order valence-corrected chi connectivity index (χ0v) is 33.2. The second kappa shape index (κ2) is 15.9. The quantitative estimate of drug-likeness (QED) is 0.0312. The minimum Gasteiger partial charge on any atom is -0.862 e. The molecule has 1 heterocycles. The first-order chi connectivity index (χ1) is 22.7. The Morgan fingerprint density at radius 1 is 0.980 bits per heavy atom. The monoisotopic (exact) mass is 739 g/mol. The second-order valence-corrected chi connectivity index (χ2v) is 18.1. The van der Waals surface area contributed by atoms with Gasteiger partial charge in [0.2, 0.25) is 0 Å². The fraction of sp³-hybridized carbons (Fsp3) is 0.914. The minimum atomic E-state index is -4.20. The molecule has 0 bridgehead atoms. The fourth-order valence-corrected chi connectivity index (χ4v) is 11.1. The molecule has 0 aromatic carbocycles. The maximum Gasteiger partial charge on any atom is 1.00 e. The average molecular weight is 740 g/mol. The van der Waals surface area contributed by atoms with Crippen molar-refractivity contribution >= 4 is 16.0 Å². The molecule has 282 valence electrons. The Morgan fingerprint density at radius 2 is 1.64 bits per heavy atom. The van der Waals surface area contributed by atoms with E-state index >= 15 is 0 Å². The Balaban J connectivity index is 0.00000562. The zero-order chi connectivity index (χ0) is 36.3. The maximum absolute atomic E-state index is 12.7. The van der Waals surface area contributed by atoms with E-state index in [2.05, 4.69) is 31.8 Å². The van der Waals surface area contributed by atoms with E-state index in [4.69, 9.17) is 14.0 Å². The van der Waals surface area contributed by atoms with Crippen LogP contribution in [0.1, 0.15) is 79.6 Å². The normalized spacial score (nSPS) is 47.0. The summed E-state index contributed by atoms with van der Waals surface area (Å²) in [4.78, 5) is 3.80. The molecule has 0 spiro atoms. The van der Waals surface area contributed by atoms with Gasteiger partial charge in [-0.3, -0.25) is 4.55 Å². The summed E-state index contributed by atoms with van der Waals surface area (Å²) in [5.41, 5.74) is -2.08. The molecule has 5 rings (SSSR count). The van der Waals surface area contributed by atoms with Gasteiger partial charge in [-0.25, -0.2) is 0 Å². The van der Waals surface area contributed by atoms with Crippen LogP contribution < -0.4 is 34.7 Å². The van der Waals surface area contributed by atoms with E-state index in [1.807, 2.05) is 13.0 Å². The van der Waals surface area contributed by atoms with Crippen LogP contribution in [0.2, 0.25) is 0 Å². The van der Waals surface area contributed by atoms with Gasteiger partial charge in [0.25, 0.3) is 10.1 Å². The van der Waals surface area contributed by atoms with Crippen molar-refractivity contribution in [1.82, 2.24) is 0 Å². The summed E-state index contributed by atoms with van der Waals surface area (Å²) >= 11 is 0. The van der Waals surface area contributed by atoms with Crippen LogP contribution in [0.5, 0.6) is 0 Å². The number of fused-ring (bicyclic) bond motifs is 5. The van der Waals surface area contributed by atoms with Gasteiger partial charge in [0.05, 0.1) is 42.8 Å². The third kappa shape index (κ3) is 8.08. The number of allylic oxidation sites excluding steroid dienone is 2. The van der Waals surface area contributed by atoms with Crippen LogP contribution >= 0.6 is 0 Å². The number of hydrogen-bond donors (Lipinski definition) is 7. The fourth-order valence-electron chi connectivity index (χ4n) is 10.8. The van der Waals surface area contributed by atoms with Gasteiger partial charge in [-0.05, 0) is 90.8 Å². The van der Waals surface area contributed by atoms with E-state index in [1.54, 1.807) is 6.92 Å². The molecule has 13 nitrogen and oxygen atoms in total. The van der Waals surface area contributed by atoms with E-state index in [1.165, 1.54) is 0 Å². The number of nitrogens with zero attached hydrogens (tertiary/aromatic N) is 1. The van der Waals surface area contributed by atoms with Gasteiger partial charge in [-0.2, -0.15) is 8.42 Å². The summed E-state index contributed by atoms with van der Waals surface area (Å²) in [6, 6.07) is 0. The first-order valence-corrected chi connectivity index (χ1v) is 19.6. The molecule has 4 saturated carbocycles.